The van der Waals surface area contributed by atoms with Crippen molar-refractivity contribution in [2.75, 3.05) is 18.6 Å². The molecule has 0 unspecified atom stereocenters. The van der Waals surface area contributed by atoms with E-state index in [2.05, 4.69) is 24.0 Å². The van der Waals surface area contributed by atoms with E-state index in [4.69, 9.17) is 13.9 Å². The molecular formula is C34H31N3O6S2. The number of fused-ring (bicyclic) bond motifs is 1. The van der Waals surface area contributed by atoms with Crippen LogP contribution in [0.2, 0.25) is 0 Å². The van der Waals surface area contributed by atoms with Gasteiger partial charge >= 0.3 is 0 Å². The van der Waals surface area contributed by atoms with Gasteiger partial charge in [-0.1, -0.05) is 91.5 Å². The van der Waals surface area contributed by atoms with Crippen molar-refractivity contribution in [3.63, 3.8) is 0 Å². The van der Waals surface area contributed by atoms with Gasteiger partial charge in [0.1, 0.15) is 5.58 Å². The number of amides is 1. The Kier molecular flexibility index (Phi) is 8.90. The first-order chi connectivity index (χ1) is 21.8. The predicted molar refractivity (Wildman–Crippen MR) is 174 cm³/mol. The Balaban J connectivity index is 1.38. The van der Waals surface area contributed by atoms with Crippen molar-refractivity contribution in [3.8, 4) is 11.5 Å². The van der Waals surface area contributed by atoms with Crippen LogP contribution in [0.25, 0.3) is 11.0 Å². The maximum atomic E-state index is 14.0. The second-order valence-electron chi connectivity index (χ2n) is 10.9. The monoisotopic (exact) mass is 641 g/mol. The number of nitrogens with zero attached hydrogens (tertiary/aromatic N) is 3. The van der Waals surface area contributed by atoms with E-state index in [1.165, 1.54) is 35.1 Å². The highest BCUT2D eigenvalue weighted by atomic mass is 32.2. The molecule has 9 nitrogen and oxygen atoms in total. The molecule has 1 amide bonds. The first kappa shape index (κ1) is 30.4. The number of methoxy groups -OCH3 is 1. The van der Waals surface area contributed by atoms with Crippen LogP contribution in [-0.2, 0) is 10.5 Å². The number of ether oxygens (including phenoxy) is 2. The van der Waals surface area contributed by atoms with E-state index < -0.39 is 23.5 Å². The molecule has 0 aliphatic carbocycles. The van der Waals surface area contributed by atoms with Gasteiger partial charge in [0, 0.05) is 11.1 Å². The molecule has 0 spiro atoms. The Hall–Kier alpha value is -4.61. The highest BCUT2D eigenvalue weighted by molar-refractivity contribution is 8.00. The first-order valence-electron chi connectivity index (χ1n) is 14.4. The molecule has 0 bridgehead atoms. The van der Waals surface area contributed by atoms with Crippen molar-refractivity contribution in [1.82, 2.24) is 10.2 Å². The maximum Gasteiger partial charge on any atom is 0.296 e. The zero-order valence-corrected chi connectivity index (χ0v) is 26.6. The molecule has 5 aromatic rings. The van der Waals surface area contributed by atoms with E-state index in [0.717, 1.165) is 17.4 Å². The quantitative estimate of drug-likeness (QED) is 0.0828. The molecule has 6 rings (SSSR count). The van der Waals surface area contributed by atoms with E-state index in [-0.39, 0.29) is 16.5 Å². The fourth-order valence-electron chi connectivity index (χ4n) is 5.03. The van der Waals surface area contributed by atoms with Gasteiger partial charge in [0.15, 0.2) is 27.4 Å². The lowest BCUT2D eigenvalue weighted by molar-refractivity contribution is -0.117. The second kappa shape index (κ2) is 13.2. The predicted octanol–water partition coefficient (Wildman–Crippen LogP) is 7.79. The van der Waals surface area contributed by atoms with Crippen LogP contribution < -0.4 is 14.4 Å². The smallest absolute Gasteiger partial charge is 0.296 e. The van der Waals surface area contributed by atoms with Crippen LogP contribution in [0.1, 0.15) is 48.0 Å². The second-order valence-corrected chi connectivity index (χ2v) is 13.1. The van der Waals surface area contributed by atoms with Crippen LogP contribution in [-0.4, -0.2) is 40.7 Å². The number of ketones is 1. The molecule has 1 aliphatic rings. The van der Waals surface area contributed by atoms with Gasteiger partial charge in [-0.3, -0.25) is 14.5 Å². The van der Waals surface area contributed by atoms with Crippen LogP contribution in [0, 0.1) is 5.92 Å². The molecule has 11 heteroatoms. The van der Waals surface area contributed by atoms with Gasteiger partial charge in [0.05, 0.1) is 25.3 Å². The number of furan rings is 1. The molecule has 230 valence electrons. The van der Waals surface area contributed by atoms with E-state index >= 15 is 0 Å². The number of hydrogen-bond donors (Lipinski definition) is 1. The largest absolute Gasteiger partial charge is 0.503 e. The van der Waals surface area contributed by atoms with Crippen molar-refractivity contribution in [1.29, 1.82) is 0 Å². The standard InChI is InChI=1S/C34H31N3O6S2/c1-20(2)15-16-42-25-14-13-23(18-26(25)41-3)29-28(30(38)27-17-22-11-7-8-12-24(22)43-27)31(39)32(40)37(29)33-35-36-34(45-33)44-19-21-9-5-4-6-10-21/h4-14,17-18,20,29,39H,15-16,19H2,1-3H3/t29-/m1/s1. The molecule has 0 fully saturated rings. The normalized spacial score (nSPS) is 15.0. The minimum atomic E-state index is -1.03. The van der Waals surface area contributed by atoms with Crippen LogP contribution >= 0.6 is 23.1 Å². The van der Waals surface area contributed by atoms with E-state index in [1.54, 1.807) is 36.4 Å². The van der Waals surface area contributed by atoms with Crippen LogP contribution in [0.15, 0.2) is 99.0 Å². The maximum absolute atomic E-state index is 14.0. The molecular weight excluding hydrogens is 611 g/mol. The lowest BCUT2D eigenvalue weighted by Crippen LogP contribution is -2.31. The zero-order chi connectivity index (χ0) is 31.5. The van der Waals surface area contributed by atoms with E-state index in [0.29, 0.717) is 45.3 Å². The van der Waals surface area contributed by atoms with Gasteiger partial charge < -0.3 is 19.0 Å². The Bertz CT molecular complexity index is 1850. The molecule has 0 saturated carbocycles. The number of aliphatic hydroxyl groups excluding tert-OH is 1. The topological polar surface area (TPSA) is 115 Å². The fourth-order valence-corrected chi connectivity index (χ4v) is 6.86. The summed E-state index contributed by atoms with van der Waals surface area (Å²) in [7, 11) is 1.53. The number of thioether (sulfide) groups is 1. The molecule has 0 saturated heterocycles. The Morgan fingerprint density at radius 2 is 1.82 bits per heavy atom. The Morgan fingerprint density at radius 3 is 2.58 bits per heavy atom. The summed E-state index contributed by atoms with van der Waals surface area (Å²) >= 11 is 2.70. The van der Waals surface area contributed by atoms with Crippen molar-refractivity contribution >= 4 is 50.9 Å². The molecule has 0 radical (unpaired) electrons. The number of carbonyl (C=O) groups is 2. The summed E-state index contributed by atoms with van der Waals surface area (Å²) in [5, 5.41) is 20.9. The number of benzene rings is 3. The molecule has 3 aromatic carbocycles. The molecule has 1 aliphatic heterocycles. The average molecular weight is 642 g/mol. The lowest BCUT2D eigenvalue weighted by Gasteiger charge is -2.24. The number of aromatic nitrogens is 2. The van der Waals surface area contributed by atoms with Crippen molar-refractivity contribution in [2.45, 2.75) is 36.4 Å². The van der Waals surface area contributed by atoms with Crippen LogP contribution in [0.3, 0.4) is 0 Å². The average Bonchev–Trinajstić information content (AvgIpc) is 3.76. The highest BCUT2D eigenvalue weighted by Crippen LogP contribution is 2.46. The number of para-hydroxylation sites is 1. The summed E-state index contributed by atoms with van der Waals surface area (Å²) in [6.07, 6.45) is 0.865. The highest BCUT2D eigenvalue weighted by Gasteiger charge is 2.47. The summed E-state index contributed by atoms with van der Waals surface area (Å²) in [5.74, 6) is 0.0754. The molecule has 2 aromatic heterocycles. The number of carbonyl (C=O) groups excluding carboxylic acids is 2. The van der Waals surface area contributed by atoms with E-state index in [9.17, 15) is 14.7 Å². The summed E-state index contributed by atoms with van der Waals surface area (Å²) in [5.41, 5.74) is 2.04. The third-order valence-corrected chi connectivity index (χ3v) is 9.49. The zero-order valence-electron chi connectivity index (χ0n) is 24.9. The third kappa shape index (κ3) is 6.31. The van der Waals surface area contributed by atoms with Gasteiger partial charge in [-0.25, -0.2) is 0 Å². The van der Waals surface area contributed by atoms with Gasteiger partial charge in [-0.05, 0) is 47.7 Å². The van der Waals surface area contributed by atoms with Crippen molar-refractivity contribution in [3.05, 3.63) is 107 Å². The van der Waals surface area contributed by atoms with Gasteiger partial charge in [-0.2, -0.15) is 0 Å². The first-order valence-corrected chi connectivity index (χ1v) is 16.2. The number of anilines is 1. The summed E-state index contributed by atoms with van der Waals surface area (Å²) in [6.45, 7) is 4.74. The fraction of sp³-hybridized carbons (Fsp3) is 0.235. The summed E-state index contributed by atoms with van der Waals surface area (Å²) in [6, 6.07) is 23.0. The SMILES string of the molecule is COc1cc([C@@H]2C(C(=O)c3cc4ccccc4o3)=C(O)C(=O)N2c2nnc(SCc3ccccc3)s2)ccc1OCCC(C)C. The van der Waals surface area contributed by atoms with Gasteiger partial charge in [0.25, 0.3) is 5.91 Å². The number of rotatable bonds is 12. The minimum Gasteiger partial charge on any atom is -0.503 e. The third-order valence-electron chi connectivity index (χ3n) is 7.37. The molecule has 3 heterocycles. The van der Waals surface area contributed by atoms with Gasteiger partial charge in [-0.15, -0.1) is 10.2 Å². The number of aliphatic hydroxyl groups is 1. The summed E-state index contributed by atoms with van der Waals surface area (Å²) < 4.78 is 18.1. The summed E-state index contributed by atoms with van der Waals surface area (Å²) in [4.78, 5) is 29.1. The minimum absolute atomic E-state index is 0.00868. The van der Waals surface area contributed by atoms with Crippen molar-refractivity contribution in [2.24, 2.45) is 5.92 Å². The Labute approximate surface area is 268 Å². The van der Waals surface area contributed by atoms with Crippen LogP contribution in [0.4, 0.5) is 5.13 Å². The van der Waals surface area contributed by atoms with Crippen molar-refractivity contribution < 1.29 is 28.6 Å². The van der Waals surface area contributed by atoms with Crippen LogP contribution in [0.5, 0.6) is 11.5 Å². The Morgan fingerprint density at radius 1 is 1.04 bits per heavy atom. The number of Topliss-reactive ketones (excluding diaryl/α,β-unsaturated/α-hetero) is 1. The molecule has 1 atom stereocenters. The lowest BCUT2D eigenvalue weighted by atomic mass is 9.95. The number of hydrogen-bond acceptors (Lipinski definition) is 10. The van der Waals surface area contributed by atoms with E-state index in [1.807, 2.05) is 42.5 Å². The molecule has 1 N–H and O–H groups in total. The van der Waals surface area contributed by atoms with Gasteiger partial charge in [0.2, 0.25) is 10.9 Å². The molecule has 45 heavy (non-hydrogen) atoms.